The fourth-order valence-corrected chi connectivity index (χ4v) is 4.97. The molecule has 0 bridgehead atoms. The monoisotopic (exact) mass is 370 g/mol. The van der Waals surface area contributed by atoms with Gasteiger partial charge in [-0.15, -0.1) is 0 Å². The van der Waals surface area contributed by atoms with Crippen molar-refractivity contribution in [3.8, 4) is 0 Å². The van der Waals surface area contributed by atoms with Crippen molar-refractivity contribution in [2.75, 3.05) is 0 Å². The lowest BCUT2D eigenvalue weighted by Gasteiger charge is -2.37. The Bertz CT molecular complexity index is 805. The minimum absolute atomic E-state index is 0.126. The highest BCUT2D eigenvalue weighted by Gasteiger charge is 2.36. The SMILES string of the molecule is CCCC(c1cc(C)cc(C)c1)(c1cc(C)cc(C)c1)c1cc(C)cc(C)c1. The Kier molecular flexibility index (Phi) is 5.79. The fourth-order valence-electron chi connectivity index (χ4n) is 4.97. The van der Waals surface area contributed by atoms with E-state index in [-0.39, 0.29) is 5.41 Å². The predicted octanol–water partition coefficient (Wildman–Crippen LogP) is 7.67. The molecule has 0 saturated heterocycles. The van der Waals surface area contributed by atoms with Crippen molar-refractivity contribution in [3.05, 3.63) is 105 Å². The van der Waals surface area contributed by atoms with E-state index >= 15 is 0 Å². The lowest BCUT2D eigenvalue weighted by Crippen LogP contribution is -2.30. The Morgan fingerprint density at radius 2 is 0.714 bits per heavy atom. The van der Waals surface area contributed by atoms with Crippen molar-refractivity contribution in [2.45, 2.75) is 66.7 Å². The number of benzene rings is 3. The summed E-state index contributed by atoms with van der Waals surface area (Å²) >= 11 is 0. The molecule has 3 aromatic rings. The molecule has 0 atom stereocenters. The molecule has 0 unspecified atom stereocenters. The van der Waals surface area contributed by atoms with E-state index in [1.54, 1.807) is 0 Å². The lowest BCUT2D eigenvalue weighted by atomic mass is 9.65. The molecule has 0 aromatic heterocycles. The standard InChI is InChI=1S/C28H34/c1-8-9-28(25-13-19(2)10-20(3)14-25,26-15-21(4)11-22(5)16-26)27-17-23(6)12-24(7)18-27/h10-18H,8-9H2,1-7H3. The molecule has 3 rings (SSSR count). The molecular formula is C28H34. The van der Waals surface area contributed by atoms with Crippen LogP contribution in [-0.2, 0) is 5.41 Å². The van der Waals surface area contributed by atoms with E-state index in [1.807, 2.05) is 0 Å². The summed E-state index contributed by atoms with van der Waals surface area (Å²) in [4.78, 5) is 0. The minimum atomic E-state index is -0.126. The molecule has 3 aromatic carbocycles. The van der Waals surface area contributed by atoms with Gasteiger partial charge in [-0.1, -0.05) is 101 Å². The molecule has 0 aliphatic rings. The van der Waals surface area contributed by atoms with Gasteiger partial charge in [0.15, 0.2) is 0 Å². The van der Waals surface area contributed by atoms with Crippen LogP contribution in [0.1, 0.15) is 69.8 Å². The molecule has 0 heteroatoms. The van der Waals surface area contributed by atoms with Gasteiger partial charge in [-0.25, -0.2) is 0 Å². The average Bonchev–Trinajstić information content (AvgIpc) is 2.57. The van der Waals surface area contributed by atoms with E-state index in [4.69, 9.17) is 0 Å². The van der Waals surface area contributed by atoms with Crippen LogP contribution in [0.25, 0.3) is 0 Å². The molecule has 0 aliphatic heterocycles. The summed E-state index contributed by atoms with van der Waals surface area (Å²) in [6.45, 7) is 15.6. The quantitative estimate of drug-likeness (QED) is 0.404. The molecule has 28 heavy (non-hydrogen) atoms. The molecule has 0 amide bonds. The predicted molar refractivity (Wildman–Crippen MR) is 123 cm³/mol. The van der Waals surface area contributed by atoms with Crippen LogP contribution in [0.4, 0.5) is 0 Å². The van der Waals surface area contributed by atoms with Gasteiger partial charge in [0.25, 0.3) is 0 Å². The molecule has 0 saturated carbocycles. The van der Waals surface area contributed by atoms with E-state index in [0.717, 1.165) is 12.8 Å². The Balaban J connectivity index is 2.45. The Hall–Kier alpha value is -2.34. The first-order valence-electron chi connectivity index (χ1n) is 10.5. The summed E-state index contributed by atoms with van der Waals surface area (Å²) in [5.41, 5.74) is 12.2. The van der Waals surface area contributed by atoms with Crippen LogP contribution in [0, 0.1) is 41.5 Å². The second-order valence-corrected chi connectivity index (χ2v) is 8.78. The second-order valence-electron chi connectivity index (χ2n) is 8.78. The van der Waals surface area contributed by atoms with Gasteiger partial charge in [0.2, 0.25) is 0 Å². The normalized spacial score (nSPS) is 11.7. The van der Waals surface area contributed by atoms with Gasteiger partial charge in [0.05, 0.1) is 0 Å². The van der Waals surface area contributed by atoms with Gasteiger partial charge >= 0.3 is 0 Å². The third-order valence-electron chi connectivity index (χ3n) is 5.77. The first-order valence-corrected chi connectivity index (χ1v) is 10.5. The average molecular weight is 371 g/mol. The third kappa shape index (κ3) is 3.92. The van der Waals surface area contributed by atoms with Crippen LogP contribution in [0.5, 0.6) is 0 Å². The summed E-state index contributed by atoms with van der Waals surface area (Å²) in [7, 11) is 0. The molecule has 0 heterocycles. The van der Waals surface area contributed by atoms with Crippen LogP contribution in [0.3, 0.4) is 0 Å². The molecule has 0 fully saturated rings. The van der Waals surface area contributed by atoms with Crippen molar-refractivity contribution in [3.63, 3.8) is 0 Å². The van der Waals surface area contributed by atoms with E-state index in [0.29, 0.717) is 0 Å². The maximum absolute atomic E-state index is 2.40. The zero-order valence-electron chi connectivity index (χ0n) is 18.6. The van der Waals surface area contributed by atoms with Crippen LogP contribution in [0.2, 0.25) is 0 Å². The van der Waals surface area contributed by atoms with Gasteiger partial charge in [-0.3, -0.25) is 0 Å². The van der Waals surface area contributed by atoms with Crippen molar-refractivity contribution >= 4 is 0 Å². The Morgan fingerprint density at radius 1 is 0.464 bits per heavy atom. The summed E-state index contributed by atoms with van der Waals surface area (Å²) in [6.07, 6.45) is 2.23. The van der Waals surface area contributed by atoms with Crippen molar-refractivity contribution < 1.29 is 0 Å². The van der Waals surface area contributed by atoms with Crippen molar-refractivity contribution in [1.82, 2.24) is 0 Å². The van der Waals surface area contributed by atoms with Gasteiger partial charge in [0, 0.05) is 5.41 Å². The molecule has 0 N–H and O–H groups in total. The van der Waals surface area contributed by atoms with Gasteiger partial charge in [-0.05, 0) is 64.7 Å². The minimum Gasteiger partial charge on any atom is -0.0653 e. The molecule has 146 valence electrons. The molecular weight excluding hydrogens is 336 g/mol. The number of hydrogen-bond donors (Lipinski definition) is 0. The number of hydrogen-bond acceptors (Lipinski definition) is 0. The second kappa shape index (κ2) is 7.95. The van der Waals surface area contributed by atoms with Crippen molar-refractivity contribution in [2.24, 2.45) is 0 Å². The zero-order chi connectivity index (χ0) is 20.5. The van der Waals surface area contributed by atoms with Crippen molar-refractivity contribution in [1.29, 1.82) is 0 Å². The molecule has 0 nitrogen and oxygen atoms in total. The highest BCUT2D eigenvalue weighted by Crippen LogP contribution is 2.44. The third-order valence-corrected chi connectivity index (χ3v) is 5.77. The van der Waals surface area contributed by atoms with Crippen LogP contribution < -0.4 is 0 Å². The molecule has 0 aliphatic carbocycles. The summed E-state index contributed by atoms with van der Waals surface area (Å²) in [6, 6.07) is 21.2. The lowest BCUT2D eigenvalue weighted by molar-refractivity contribution is 0.548. The number of rotatable bonds is 5. The van der Waals surface area contributed by atoms with Crippen LogP contribution >= 0.6 is 0 Å². The summed E-state index contributed by atoms with van der Waals surface area (Å²) in [5, 5.41) is 0. The van der Waals surface area contributed by atoms with Gasteiger partial charge < -0.3 is 0 Å². The summed E-state index contributed by atoms with van der Waals surface area (Å²) < 4.78 is 0. The van der Waals surface area contributed by atoms with Crippen LogP contribution in [0.15, 0.2) is 54.6 Å². The smallest absolute Gasteiger partial charge is 0.0451 e. The highest BCUT2D eigenvalue weighted by molar-refractivity contribution is 5.54. The van der Waals surface area contributed by atoms with E-state index in [9.17, 15) is 0 Å². The van der Waals surface area contributed by atoms with E-state index in [2.05, 4.69) is 103 Å². The first-order chi connectivity index (χ1) is 13.2. The number of aryl methyl sites for hydroxylation is 6. The summed E-state index contributed by atoms with van der Waals surface area (Å²) in [5.74, 6) is 0. The zero-order valence-corrected chi connectivity index (χ0v) is 18.6. The van der Waals surface area contributed by atoms with Gasteiger partial charge in [0.1, 0.15) is 0 Å². The first kappa shape index (κ1) is 20.4. The molecule has 0 radical (unpaired) electrons. The Labute approximate surface area is 171 Å². The Morgan fingerprint density at radius 3 is 0.929 bits per heavy atom. The fraction of sp³-hybridized carbons (Fsp3) is 0.357. The topological polar surface area (TPSA) is 0 Å². The highest BCUT2D eigenvalue weighted by atomic mass is 14.4. The maximum atomic E-state index is 2.40. The van der Waals surface area contributed by atoms with Gasteiger partial charge in [-0.2, -0.15) is 0 Å². The van der Waals surface area contributed by atoms with Crippen LogP contribution in [-0.4, -0.2) is 0 Å². The van der Waals surface area contributed by atoms with E-state index < -0.39 is 0 Å². The van der Waals surface area contributed by atoms with E-state index in [1.165, 1.54) is 50.1 Å². The maximum Gasteiger partial charge on any atom is 0.0451 e. The largest absolute Gasteiger partial charge is 0.0653 e. The molecule has 0 spiro atoms.